The van der Waals surface area contributed by atoms with E-state index in [0.29, 0.717) is 34.1 Å². The molecule has 0 atom stereocenters. The second-order valence-corrected chi connectivity index (χ2v) is 5.71. The highest BCUT2D eigenvalue weighted by Crippen LogP contribution is 2.27. The smallest absolute Gasteiger partial charge is 0.272 e. The molecule has 27 heavy (non-hydrogen) atoms. The fraction of sp³-hybridized carbons (Fsp3) is 0.0556. The summed E-state index contributed by atoms with van der Waals surface area (Å²) in [6.45, 7) is 0. The van der Waals surface area contributed by atoms with Crippen molar-refractivity contribution in [1.82, 2.24) is 25.6 Å². The van der Waals surface area contributed by atoms with E-state index in [1.165, 1.54) is 0 Å². The molecule has 9 nitrogen and oxygen atoms in total. The van der Waals surface area contributed by atoms with Crippen molar-refractivity contribution in [2.24, 2.45) is 0 Å². The lowest BCUT2D eigenvalue weighted by molar-refractivity contribution is 0.102. The zero-order valence-corrected chi connectivity index (χ0v) is 14.1. The zero-order chi connectivity index (χ0) is 18.8. The van der Waals surface area contributed by atoms with Gasteiger partial charge in [0, 0.05) is 16.5 Å². The van der Waals surface area contributed by atoms with E-state index >= 15 is 0 Å². The minimum absolute atomic E-state index is 0.330. The zero-order valence-electron chi connectivity index (χ0n) is 14.1. The van der Waals surface area contributed by atoms with Crippen LogP contribution in [0, 0.1) is 11.3 Å². The fourth-order valence-electron chi connectivity index (χ4n) is 2.74. The Balaban J connectivity index is 1.68. The first-order valence-electron chi connectivity index (χ1n) is 7.94. The van der Waals surface area contributed by atoms with Crippen molar-refractivity contribution < 1.29 is 9.53 Å². The Morgan fingerprint density at radius 3 is 2.85 bits per heavy atom. The number of fused-ring (bicyclic) bond motifs is 1. The number of carbonyl (C=O) groups excluding carboxylic acids is 1. The normalized spacial score (nSPS) is 10.5. The first-order chi connectivity index (χ1) is 13.2. The molecule has 0 aliphatic carbocycles. The molecule has 0 spiro atoms. The van der Waals surface area contributed by atoms with Crippen LogP contribution in [-0.2, 0) is 0 Å². The van der Waals surface area contributed by atoms with Gasteiger partial charge >= 0.3 is 0 Å². The number of benzene rings is 2. The van der Waals surface area contributed by atoms with E-state index in [4.69, 9.17) is 10.00 Å². The number of aromatic nitrogens is 5. The molecule has 0 radical (unpaired) electrons. The standard InChI is InChI=1S/C18H13N7O2/c1-27-12-3-5-14-11(7-12)8-16(20-14)18(26)21-15-4-2-10(9-19)6-13(15)17-22-24-25-23-17/h2-8,20H,1H3,(H,21,26)(H,22,23,24,25). The maximum absolute atomic E-state index is 12.7. The van der Waals surface area contributed by atoms with Crippen LogP contribution in [0.4, 0.5) is 5.69 Å². The molecule has 0 fully saturated rings. The number of amides is 1. The highest BCUT2D eigenvalue weighted by molar-refractivity contribution is 6.07. The summed E-state index contributed by atoms with van der Waals surface area (Å²) >= 11 is 0. The molecule has 132 valence electrons. The number of methoxy groups -OCH3 is 1. The summed E-state index contributed by atoms with van der Waals surface area (Å²) in [5.74, 6) is 0.730. The summed E-state index contributed by atoms with van der Waals surface area (Å²) in [6, 6.07) is 14.2. The Labute approximate surface area is 153 Å². The van der Waals surface area contributed by atoms with Gasteiger partial charge in [0.15, 0.2) is 5.82 Å². The van der Waals surface area contributed by atoms with Crippen LogP contribution in [0.5, 0.6) is 5.75 Å². The van der Waals surface area contributed by atoms with Gasteiger partial charge in [0.05, 0.1) is 24.4 Å². The molecule has 0 saturated heterocycles. The summed E-state index contributed by atoms with van der Waals surface area (Å²) < 4.78 is 5.20. The Morgan fingerprint density at radius 2 is 2.11 bits per heavy atom. The monoisotopic (exact) mass is 359 g/mol. The quantitative estimate of drug-likeness (QED) is 0.513. The number of ether oxygens (including phenoxy) is 1. The summed E-state index contributed by atoms with van der Waals surface area (Å²) in [4.78, 5) is 15.8. The second-order valence-electron chi connectivity index (χ2n) is 5.71. The first-order valence-corrected chi connectivity index (χ1v) is 7.94. The maximum atomic E-state index is 12.7. The predicted octanol–water partition coefficient (Wildman–Crippen LogP) is 2.48. The molecule has 3 N–H and O–H groups in total. The van der Waals surface area contributed by atoms with Crippen LogP contribution in [0.15, 0.2) is 42.5 Å². The Bertz CT molecular complexity index is 1170. The minimum atomic E-state index is -0.330. The van der Waals surface area contributed by atoms with Gasteiger partial charge in [-0.2, -0.15) is 5.26 Å². The lowest BCUT2D eigenvalue weighted by Gasteiger charge is -2.08. The van der Waals surface area contributed by atoms with Crippen molar-refractivity contribution in [1.29, 1.82) is 5.26 Å². The van der Waals surface area contributed by atoms with E-state index in [0.717, 1.165) is 10.9 Å². The van der Waals surface area contributed by atoms with Crippen molar-refractivity contribution in [2.75, 3.05) is 12.4 Å². The molecule has 0 saturated carbocycles. The van der Waals surface area contributed by atoms with Gasteiger partial charge < -0.3 is 15.0 Å². The number of hydrogen-bond acceptors (Lipinski definition) is 6. The highest BCUT2D eigenvalue weighted by atomic mass is 16.5. The van der Waals surface area contributed by atoms with Crippen LogP contribution in [0.2, 0.25) is 0 Å². The first kappa shape index (κ1) is 16.3. The summed E-state index contributed by atoms with van der Waals surface area (Å²) in [5, 5.41) is 26.4. The molecule has 0 bridgehead atoms. The van der Waals surface area contributed by atoms with E-state index in [1.807, 2.05) is 18.2 Å². The molecular formula is C18H13N7O2. The van der Waals surface area contributed by atoms with E-state index in [9.17, 15) is 4.79 Å². The largest absolute Gasteiger partial charge is 0.497 e. The number of carbonyl (C=O) groups is 1. The van der Waals surface area contributed by atoms with Crippen LogP contribution in [0.25, 0.3) is 22.3 Å². The van der Waals surface area contributed by atoms with E-state index in [2.05, 4.69) is 37.0 Å². The fourth-order valence-corrected chi connectivity index (χ4v) is 2.74. The molecule has 0 aliphatic heterocycles. The van der Waals surface area contributed by atoms with Gasteiger partial charge in [-0.05, 0) is 52.9 Å². The molecule has 4 rings (SSSR count). The Morgan fingerprint density at radius 1 is 1.22 bits per heavy atom. The Hall–Kier alpha value is -4.19. The highest BCUT2D eigenvalue weighted by Gasteiger charge is 2.15. The van der Waals surface area contributed by atoms with Crippen molar-refractivity contribution in [3.8, 4) is 23.2 Å². The molecule has 1 amide bonds. The van der Waals surface area contributed by atoms with Crippen LogP contribution < -0.4 is 10.1 Å². The lowest BCUT2D eigenvalue weighted by atomic mass is 10.1. The van der Waals surface area contributed by atoms with Crippen LogP contribution in [0.3, 0.4) is 0 Å². The predicted molar refractivity (Wildman–Crippen MR) is 97.1 cm³/mol. The number of nitrogens with zero attached hydrogens (tertiary/aromatic N) is 4. The Kier molecular flexibility index (Phi) is 3.99. The molecule has 2 aromatic carbocycles. The van der Waals surface area contributed by atoms with Crippen LogP contribution in [0.1, 0.15) is 16.1 Å². The molecule has 2 aromatic heterocycles. The molecule has 0 aliphatic rings. The van der Waals surface area contributed by atoms with E-state index < -0.39 is 0 Å². The van der Waals surface area contributed by atoms with Crippen molar-refractivity contribution in [3.63, 3.8) is 0 Å². The third kappa shape index (κ3) is 3.07. The number of nitriles is 1. The number of anilines is 1. The van der Waals surface area contributed by atoms with Gasteiger partial charge in [-0.3, -0.25) is 4.79 Å². The van der Waals surface area contributed by atoms with Gasteiger partial charge in [-0.25, -0.2) is 5.10 Å². The van der Waals surface area contributed by atoms with Gasteiger partial charge in [0.25, 0.3) is 5.91 Å². The van der Waals surface area contributed by atoms with E-state index in [-0.39, 0.29) is 5.91 Å². The molecule has 9 heteroatoms. The van der Waals surface area contributed by atoms with Crippen LogP contribution in [-0.4, -0.2) is 38.6 Å². The lowest BCUT2D eigenvalue weighted by Crippen LogP contribution is -2.13. The number of H-pyrrole nitrogens is 2. The molecule has 0 unspecified atom stereocenters. The number of nitrogens with one attached hydrogen (secondary N) is 3. The van der Waals surface area contributed by atoms with Gasteiger partial charge in [-0.1, -0.05) is 0 Å². The van der Waals surface area contributed by atoms with Gasteiger partial charge in [0.2, 0.25) is 0 Å². The van der Waals surface area contributed by atoms with Crippen molar-refractivity contribution in [3.05, 3.63) is 53.7 Å². The van der Waals surface area contributed by atoms with E-state index in [1.54, 1.807) is 31.4 Å². The average molecular weight is 359 g/mol. The number of rotatable bonds is 4. The second kappa shape index (κ2) is 6.61. The molecule has 4 aromatic rings. The van der Waals surface area contributed by atoms with Crippen molar-refractivity contribution in [2.45, 2.75) is 0 Å². The topological polar surface area (TPSA) is 132 Å². The minimum Gasteiger partial charge on any atom is -0.497 e. The number of aromatic amines is 2. The summed E-state index contributed by atoms with van der Waals surface area (Å²) in [5.41, 5.74) is 2.64. The summed E-state index contributed by atoms with van der Waals surface area (Å²) in [7, 11) is 1.59. The van der Waals surface area contributed by atoms with Gasteiger partial charge in [-0.15, -0.1) is 5.10 Å². The molecule has 2 heterocycles. The third-order valence-electron chi connectivity index (χ3n) is 4.07. The number of tetrazole rings is 1. The number of hydrogen-bond donors (Lipinski definition) is 3. The summed E-state index contributed by atoms with van der Waals surface area (Å²) in [6.07, 6.45) is 0. The average Bonchev–Trinajstić information content (AvgIpc) is 3.37. The van der Waals surface area contributed by atoms with Crippen molar-refractivity contribution >= 4 is 22.5 Å². The SMILES string of the molecule is COc1ccc2[nH]c(C(=O)Nc3ccc(C#N)cc3-c3nnn[nH]3)cc2c1. The van der Waals surface area contributed by atoms with Crippen LogP contribution >= 0.6 is 0 Å². The maximum Gasteiger partial charge on any atom is 0.272 e. The molecular weight excluding hydrogens is 346 g/mol. The third-order valence-corrected chi connectivity index (χ3v) is 4.07. The van der Waals surface area contributed by atoms with Gasteiger partial charge in [0.1, 0.15) is 11.4 Å².